The SMILES string of the molecule is CC(C)(C)OC(=O)N1CCC[C@H]1C(=N)N.CC(C)(C)OC(=O)N1CCC[C@H]1C(=O)O.CC(C)(C)OC(=O)N1CCC[C@H]1C(N)=O.CC(C)(C)SSCCC(=O)N1CCC[C@H]1c1ncccn1.COC(CC(OC)(OC)OC)(OC)OC.c1cnc([C@@H]2CCCN2)nc1. The smallest absolute Gasteiger partial charge is 0.411 e. The van der Waals surface area contributed by atoms with Crippen LogP contribution in [0.2, 0.25) is 0 Å². The van der Waals surface area contributed by atoms with Crippen LogP contribution in [0, 0.1) is 5.41 Å². The number of hydrogen-bond donors (Lipinski definition) is 5. The highest BCUT2D eigenvalue weighted by Gasteiger charge is 2.45. The lowest BCUT2D eigenvalue weighted by molar-refractivity contribution is -0.434. The van der Waals surface area contributed by atoms with E-state index in [0.29, 0.717) is 44.9 Å². The molecule has 5 amide bonds. The molecule has 2 aromatic rings. The number of nitrogens with two attached hydrogens (primary N) is 2. The van der Waals surface area contributed by atoms with Crippen molar-refractivity contribution in [2.45, 2.75) is 224 Å². The molecule has 7 heterocycles. The highest BCUT2D eigenvalue weighted by Crippen LogP contribution is 2.37. The molecule has 7 N–H and O–H groups in total. The van der Waals surface area contributed by atoms with Crippen LogP contribution in [0.25, 0.3) is 0 Å². The van der Waals surface area contributed by atoms with Crippen LogP contribution in [0.5, 0.6) is 0 Å². The van der Waals surface area contributed by atoms with Crippen molar-refractivity contribution in [3.63, 3.8) is 0 Å². The number of likely N-dealkylation sites (tertiary alicyclic amines) is 4. The fourth-order valence-electron chi connectivity index (χ4n) is 9.69. The van der Waals surface area contributed by atoms with Crippen LogP contribution in [0.4, 0.5) is 14.4 Å². The van der Waals surface area contributed by atoms with Gasteiger partial charge in [0.25, 0.3) is 11.9 Å². The van der Waals surface area contributed by atoms with E-state index in [0.717, 1.165) is 69.0 Å². The first-order chi connectivity index (χ1) is 42.9. The minimum absolute atomic E-state index is 0.0401. The molecule has 0 unspecified atom stereocenters. The van der Waals surface area contributed by atoms with Gasteiger partial charge in [-0.3, -0.25) is 29.7 Å². The van der Waals surface area contributed by atoms with Gasteiger partial charge < -0.3 is 69.4 Å². The molecule has 30 heteroatoms. The molecular weight excluding hydrogens is 1230 g/mol. The Kier molecular flexibility index (Phi) is 35.1. The molecule has 5 saturated heterocycles. The van der Waals surface area contributed by atoms with Crippen LogP contribution in [0.1, 0.15) is 184 Å². The van der Waals surface area contributed by atoms with Crippen LogP contribution >= 0.6 is 21.6 Å². The number of amides is 5. The van der Waals surface area contributed by atoms with Crippen LogP contribution in [-0.2, 0) is 57.0 Å². The molecule has 0 saturated carbocycles. The number of nitrogens with one attached hydrogen (secondary N) is 2. The Balaban J connectivity index is 0.000000380. The summed E-state index contributed by atoms with van der Waals surface area (Å²) in [7, 11) is 12.4. The lowest BCUT2D eigenvalue weighted by atomic mass is 10.2. The average molecular weight is 1340 g/mol. The fourth-order valence-corrected chi connectivity index (χ4v) is 11.9. The summed E-state index contributed by atoms with van der Waals surface area (Å²) in [4.78, 5) is 92.5. The Morgan fingerprint density at radius 3 is 1.30 bits per heavy atom. The van der Waals surface area contributed by atoms with Gasteiger partial charge in [-0.05, 0) is 145 Å². The van der Waals surface area contributed by atoms with E-state index in [4.69, 9.17) is 64.6 Å². The number of primary amides is 1. The maximum absolute atomic E-state index is 12.4. The third kappa shape index (κ3) is 29.7. The number of nitrogens with zero attached hydrogens (tertiary/aromatic N) is 8. The lowest BCUT2D eigenvalue weighted by Crippen LogP contribution is -2.48. The van der Waals surface area contributed by atoms with Crippen molar-refractivity contribution in [3.05, 3.63) is 48.6 Å². The summed E-state index contributed by atoms with van der Waals surface area (Å²) >= 11 is 0. The van der Waals surface area contributed by atoms with Crippen LogP contribution in [0.15, 0.2) is 36.9 Å². The van der Waals surface area contributed by atoms with Crippen molar-refractivity contribution in [2.75, 3.05) is 81.1 Å². The van der Waals surface area contributed by atoms with Gasteiger partial charge in [-0.15, -0.1) is 0 Å². The first-order valence-corrected chi connectivity index (χ1v) is 33.3. The molecule has 7 rings (SSSR count). The van der Waals surface area contributed by atoms with Crippen molar-refractivity contribution in [2.24, 2.45) is 11.5 Å². The van der Waals surface area contributed by atoms with Gasteiger partial charge in [0, 0.05) is 111 Å². The molecule has 5 aliphatic heterocycles. The largest absolute Gasteiger partial charge is 0.480 e. The molecule has 28 nitrogen and oxygen atoms in total. The summed E-state index contributed by atoms with van der Waals surface area (Å²) in [6.07, 6.45) is 15.1. The first-order valence-electron chi connectivity index (χ1n) is 31.0. The summed E-state index contributed by atoms with van der Waals surface area (Å²) in [5.74, 6) is -1.10. The Bertz CT molecular complexity index is 2380. The van der Waals surface area contributed by atoms with Crippen LogP contribution < -0.4 is 16.8 Å². The Morgan fingerprint density at radius 1 is 0.554 bits per heavy atom. The highest BCUT2D eigenvalue weighted by molar-refractivity contribution is 8.77. The van der Waals surface area contributed by atoms with Crippen molar-refractivity contribution in [1.82, 2.24) is 44.9 Å². The molecule has 0 radical (unpaired) electrons. The predicted molar refractivity (Wildman–Crippen MR) is 351 cm³/mol. The van der Waals surface area contributed by atoms with Gasteiger partial charge in [0.05, 0.1) is 18.1 Å². The molecule has 2 aromatic heterocycles. The predicted octanol–water partition coefficient (Wildman–Crippen LogP) is 8.84. The molecule has 5 aliphatic rings. The summed E-state index contributed by atoms with van der Waals surface area (Å²) in [5, 5.41) is 19.6. The number of aliphatic carboxylic acids is 1. The number of carbonyl (C=O) groups excluding carboxylic acids is 5. The number of rotatable bonds is 17. The monoisotopic (exact) mass is 1340 g/mol. The Morgan fingerprint density at radius 2 is 0.935 bits per heavy atom. The lowest BCUT2D eigenvalue weighted by Gasteiger charge is -2.37. The van der Waals surface area contributed by atoms with Gasteiger partial charge in [0.1, 0.15) is 47.0 Å². The molecule has 0 aliphatic carbocycles. The van der Waals surface area contributed by atoms with E-state index in [9.17, 15) is 28.8 Å². The summed E-state index contributed by atoms with van der Waals surface area (Å²) in [5.41, 5.74) is 9.01. The molecule has 5 atom stereocenters. The maximum Gasteiger partial charge on any atom is 0.411 e. The second kappa shape index (κ2) is 39.2. The zero-order valence-electron chi connectivity index (χ0n) is 57.7. The molecule has 92 heavy (non-hydrogen) atoms. The van der Waals surface area contributed by atoms with E-state index in [1.54, 1.807) is 77.1 Å². The summed E-state index contributed by atoms with van der Waals surface area (Å²) in [6.45, 7) is 26.3. The van der Waals surface area contributed by atoms with Gasteiger partial charge in [-0.2, -0.15) is 0 Å². The van der Waals surface area contributed by atoms with Gasteiger partial charge in [0.15, 0.2) is 5.82 Å². The highest BCUT2D eigenvalue weighted by atomic mass is 33.1. The van der Waals surface area contributed by atoms with Crippen molar-refractivity contribution < 1.29 is 76.5 Å². The zero-order valence-corrected chi connectivity index (χ0v) is 59.3. The normalized spacial score (nSPS) is 19.9. The minimum atomic E-state index is -1.26. The molecule has 0 spiro atoms. The van der Waals surface area contributed by atoms with E-state index in [1.807, 2.05) is 48.6 Å². The third-order valence-electron chi connectivity index (χ3n) is 14.0. The average Bonchev–Trinajstić information content (AvgIpc) is 1.27. The van der Waals surface area contributed by atoms with Crippen LogP contribution in [0.3, 0.4) is 0 Å². The number of carboxylic acids is 1. The van der Waals surface area contributed by atoms with Gasteiger partial charge in [-0.1, -0.05) is 42.4 Å². The Labute approximate surface area is 552 Å². The molecule has 5 fully saturated rings. The summed E-state index contributed by atoms with van der Waals surface area (Å²) in [6, 6.07) is 2.62. The van der Waals surface area contributed by atoms with E-state index < -0.39 is 64.9 Å². The van der Waals surface area contributed by atoms with Crippen LogP contribution in [-0.4, -0.2) is 219 Å². The minimum Gasteiger partial charge on any atom is -0.480 e. The second-order valence-electron chi connectivity index (χ2n) is 25.8. The molecular formula is C62H108N12O16S2. The van der Waals surface area contributed by atoms with Gasteiger partial charge in [-0.25, -0.2) is 39.1 Å². The van der Waals surface area contributed by atoms with Crippen molar-refractivity contribution >= 4 is 63.5 Å². The number of hydrogen-bond acceptors (Lipinski definition) is 23. The van der Waals surface area contributed by atoms with E-state index in [-0.39, 0.29) is 41.1 Å². The second-order valence-corrected chi connectivity index (χ2v) is 29.1. The number of methoxy groups -OCH3 is 6. The fraction of sp³-hybridized carbons (Fsp3) is 0.758. The number of aromatic nitrogens is 4. The Hall–Kier alpha value is -5.73. The van der Waals surface area contributed by atoms with Crippen molar-refractivity contribution in [3.8, 4) is 0 Å². The van der Waals surface area contributed by atoms with Crippen molar-refractivity contribution in [1.29, 1.82) is 5.41 Å². The topological polar surface area (TPSA) is 358 Å². The summed E-state index contributed by atoms with van der Waals surface area (Å²) < 4.78 is 46.5. The standard InChI is InChI=1S/C15H23N3OS2.C10H19N3O2.C10H18N2O3.C10H17NO4.C9H20O6.C8H11N3/c1-15(2,3)21-20-11-7-13(19)18-10-4-6-12(18)14-16-8-5-9-17-14;1-10(2,3)15-9(14)13-6-4-5-7(13)8(11)12;1-10(2,3)15-9(14)12-6-4-5-7(12)8(11)13;1-10(2,3)15-9(14)11-6-4-5-7(11)8(12)13;1-10-8(11-2,12-3)7-9(13-4,14-5)15-6;1-3-7(9-4-1)8-10-5-2-6-11-8/h5,8-9,12H,4,6-7,10-11H2,1-3H3;7H,4-6H2,1-3H3,(H3,11,12);7H,4-6H2,1-3H3,(H2,11,13);7H,4-6H2,1-3H3,(H,12,13);7H2,1-6H3;2,5-7,9H,1,3-4H2/t12-;3*7-;;7-/m0000.0/s1. The van der Waals surface area contributed by atoms with E-state index >= 15 is 0 Å². The first kappa shape index (κ1) is 82.4. The zero-order chi connectivity index (χ0) is 69.7. The van der Waals surface area contributed by atoms with E-state index in [1.165, 1.54) is 70.2 Å². The number of ether oxygens (including phenoxy) is 9. The quantitative estimate of drug-likeness (QED) is 0.0246. The maximum atomic E-state index is 12.4. The molecule has 0 aromatic carbocycles. The third-order valence-corrected chi connectivity index (χ3v) is 17.4. The number of amidine groups is 1. The van der Waals surface area contributed by atoms with E-state index in [2.05, 4.69) is 46.0 Å². The molecule has 0 bridgehead atoms. The molecule has 524 valence electrons. The number of carbonyl (C=O) groups is 6. The van der Waals surface area contributed by atoms with Gasteiger partial charge >= 0.3 is 24.2 Å². The number of carboxylic acid groups (broad SMARTS) is 1. The van der Waals surface area contributed by atoms with Gasteiger partial charge in [0.2, 0.25) is 11.8 Å².